The minimum absolute atomic E-state index is 0.0278. The third-order valence-corrected chi connectivity index (χ3v) is 3.42. The molecule has 2 N–H and O–H groups in total. The molecule has 9 heteroatoms. The first kappa shape index (κ1) is 17.6. The largest absolute Gasteiger partial charge is 0.465 e. The van der Waals surface area contributed by atoms with Gasteiger partial charge in [-0.1, -0.05) is 11.6 Å². The van der Waals surface area contributed by atoms with E-state index in [0.717, 1.165) is 0 Å². The van der Waals surface area contributed by atoms with Crippen LogP contribution < -0.4 is 10.6 Å². The van der Waals surface area contributed by atoms with E-state index in [1.54, 1.807) is 19.1 Å². The molecule has 0 bridgehead atoms. The molecule has 0 aliphatic carbocycles. The molecule has 0 aliphatic heterocycles. The van der Waals surface area contributed by atoms with E-state index in [4.69, 9.17) is 28.2 Å². The number of nitro groups is 1. The van der Waals surface area contributed by atoms with Crippen LogP contribution in [0, 0.1) is 17.0 Å². The summed E-state index contributed by atoms with van der Waals surface area (Å²) in [5, 5.41) is 16.1. The van der Waals surface area contributed by atoms with Crippen LogP contribution in [-0.2, 0) is 4.79 Å². The van der Waals surface area contributed by atoms with Crippen LogP contribution in [0.3, 0.4) is 0 Å². The number of nitrogens with one attached hydrogen (secondary N) is 2. The van der Waals surface area contributed by atoms with Gasteiger partial charge in [-0.3, -0.25) is 20.2 Å². The van der Waals surface area contributed by atoms with Crippen molar-refractivity contribution in [1.29, 1.82) is 0 Å². The standard InChI is InChI=1S/C15H12ClN3O4S/c1-9-7-13(19(21)22)11(16)8-12(9)17-15(24)18-14(20)5-4-10-3-2-6-23-10/h2-8H,1H3,(H2,17,18,20,24)/b5-4+. The van der Waals surface area contributed by atoms with E-state index < -0.39 is 10.8 Å². The number of halogens is 1. The second-order valence-electron chi connectivity index (χ2n) is 4.67. The highest BCUT2D eigenvalue weighted by atomic mass is 35.5. The van der Waals surface area contributed by atoms with Gasteiger partial charge in [-0.2, -0.15) is 0 Å². The molecule has 124 valence electrons. The maximum absolute atomic E-state index is 11.8. The lowest BCUT2D eigenvalue weighted by Crippen LogP contribution is -2.33. The molecule has 7 nitrogen and oxygen atoms in total. The summed E-state index contributed by atoms with van der Waals surface area (Å²) in [6, 6.07) is 6.10. The van der Waals surface area contributed by atoms with Crippen LogP contribution in [0.5, 0.6) is 0 Å². The number of carbonyl (C=O) groups is 1. The molecule has 0 atom stereocenters. The second kappa shape index (κ2) is 7.71. The normalized spacial score (nSPS) is 10.6. The Labute approximate surface area is 147 Å². The average Bonchev–Trinajstić information content (AvgIpc) is 3.01. The summed E-state index contributed by atoms with van der Waals surface area (Å²) in [7, 11) is 0. The fraction of sp³-hybridized carbons (Fsp3) is 0.0667. The fourth-order valence-corrected chi connectivity index (χ4v) is 2.24. The smallest absolute Gasteiger partial charge is 0.288 e. The molecule has 2 rings (SSSR count). The van der Waals surface area contributed by atoms with E-state index in [9.17, 15) is 14.9 Å². The molecule has 1 aromatic carbocycles. The van der Waals surface area contributed by atoms with Gasteiger partial charge in [-0.15, -0.1) is 0 Å². The third-order valence-electron chi connectivity index (χ3n) is 2.92. The predicted molar refractivity (Wildman–Crippen MR) is 94.9 cm³/mol. The Kier molecular flexibility index (Phi) is 5.67. The zero-order valence-electron chi connectivity index (χ0n) is 12.4. The first-order valence-electron chi connectivity index (χ1n) is 6.65. The highest BCUT2D eigenvalue weighted by molar-refractivity contribution is 7.80. The fourth-order valence-electron chi connectivity index (χ4n) is 1.79. The maximum atomic E-state index is 11.8. The van der Waals surface area contributed by atoms with E-state index in [0.29, 0.717) is 17.0 Å². The summed E-state index contributed by atoms with van der Waals surface area (Å²) in [6.45, 7) is 1.66. The van der Waals surface area contributed by atoms with Gasteiger partial charge in [0.1, 0.15) is 10.8 Å². The second-order valence-corrected chi connectivity index (χ2v) is 5.48. The molecule has 24 heavy (non-hydrogen) atoms. The van der Waals surface area contributed by atoms with Gasteiger partial charge in [-0.25, -0.2) is 0 Å². The Morgan fingerprint density at radius 3 is 2.83 bits per heavy atom. The van der Waals surface area contributed by atoms with Crippen molar-refractivity contribution >= 4 is 52.3 Å². The van der Waals surface area contributed by atoms with Crippen molar-refractivity contribution in [2.24, 2.45) is 0 Å². The van der Waals surface area contributed by atoms with Crippen LogP contribution in [0.2, 0.25) is 5.02 Å². The summed E-state index contributed by atoms with van der Waals surface area (Å²) >= 11 is 10.9. The van der Waals surface area contributed by atoms with Gasteiger partial charge in [0.05, 0.1) is 11.2 Å². The molecule has 1 amide bonds. The quantitative estimate of drug-likeness (QED) is 0.371. The third kappa shape index (κ3) is 4.64. The molecular weight excluding hydrogens is 354 g/mol. The van der Waals surface area contributed by atoms with Gasteiger partial charge in [-0.05, 0) is 49.0 Å². The van der Waals surface area contributed by atoms with Crippen molar-refractivity contribution in [2.45, 2.75) is 6.92 Å². The molecule has 0 radical (unpaired) electrons. The number of thiocarbonyl (C=S) groups is 1. The van der Waals surface area contributed by atoms with Crippen molar-refractivity contribution < 1.29 is 14.1 Å². The van der Waals surface area contributed by atoms with Crippen molar-refractivity contribution in [3.8, 4) is 0 Å². The van der Waals surface area contributed by atoms with Gasteiger partial charge in [0, 0.05) is 17.8 Å². The summed E-state index contributed by atoms with van der Waals surface area (Å²) in [5.41, 5.74) is 0.829. The number of amides is 1. The van der Waals surface area contributed by atoms with E-state index in [2.05, 4.69) is 10.6 Å². The van der Waals surface area contributed by atoms with Gasteiger partial charge in [0.25, 0.3) is 5.69 Å². The van der Waals surface area contributed by atoms with Crippen LogP contribution in [-0.4, -0.2) is 15.9 Å². The molecule has 1 heterocycles. The van der Waals surface area contributed by atoms with Crippen molar-refractivity contribution in [3.63, 3.8) is 0 Å². The van der Waals surface area contributed by atoms with Gasteiger partial charge < -0.3 is 9.73 Å². The van der Waals surface area contributed by atoms with E-state index in [1.807, 2.05) is 0 Å². The zero-order valence-corrected chi connectivity index (χ0v) is 14.0. The number of rotatable bonds is 4. The molecule has 0 saturated carbocycles. The summed E-state index contributed by atoms with van der Waals surface area (Å²) in [4.78, 5) is 22.0. The molecule has 1 aromatic heterocycles. The number of nitro benzene ring substituents is 1. The Morgan fingerprint density at radius 2 is 2.21 bits per heavy atom. The Hall–Kier alpha value is -2.71. The van der Waals surface area contributed by atoms with E-state index in [1.165, 1.54) is 30.5 Å². The van der Waals surface area contributed by atoms with Crippen LogP contribution in [0.25, 0.3) is 6.08 Å². The van der Waals surface area contributed by atoms with Crippen molar-refractivity contribution in [1.82, 2.24) is 5.32 Å². The Balaban J connectivity index is 2.01. The van der Waals surface area contributed by atoms with E-state index >= 15 is 0 Å². The van der Waals surface area contributed by atoms with Crippen LogP contribution in [0.1, 0.15) is 11.3 Å². The topological polar surface area (TPSA) is 97.4 Å². The highest BCUT2D eigenvalue weighted by Crippen LogP contribution is 2.30. The minimum atomic E-state index is -0.571. The Morgan fingerprint density at radius 1 is 1.46 bits per heavy atom. The number of carbonyl (C=O) groups excluding carboxylic acids is 1. The lowest BCUT2D eigenvalue weighted by molar-refractivity contribution is -0.384. The van der Waals surface area contributed by atoms with Crippen LogP contribution in [0.15, 0.2) is 41.0 Å². The SMILES string of the molecule is Cc1cc([N+](=O)[O-])c(Cl)cc1NC(=S)NC(=O)/C=C/c1ccco1. The first-order valence-corrected chi connectivity index (χ1v) is 7.43. The van der Waals surface area contributed by atoms with Gasteiger partial charge >= 0.3 is 0 Å². The molecule has 0 saturated heterocycles. The molecular formula is C15H12ClN3O4S. The molecule has 0 unspecified atom stereocenters. The molecule has 0 spiro atoms. The van der Waals surface area contributed by atoms with Crippen LogP contribution in [0.4, 0.5) is 11.4 Å². The van der Waals surface area contributed by atoms with Crippen molar-refractivity contribution in [2.75, 3.05) is 5.32 Å². The summed E-state index contributed by atoms with van der Waals surface area (Å²) in [6.07, 6.45) is 4.25. The number of benzene rings is 1. The molecule has 2 aromatic rings. The summed E-state index contributed by atoms with van der Waals surface area (Å²) < 4.78 is 5.06. The number of anilines is 1. The maximum Gasteiger partial charge on any atom is 0.288 e. The van der Waals surface area contributed by atoms with Crippen molar-refractivity contribution in [3.05, 3.63) is 63.1 Å². The number of furan rings is 1. The molecule has 0 fully saturated rings. The van der Waals surface area contributed by atoms with E-state index in [-0.39, 0.29) is 15.8 Å². The van der Waals surface area contributed by atoms with Gasteiger partial charge in [0.15, 0.2) is 5.11 Å². The number of nitrogens with zero attached hydrogens (tertiary/aromatic N) is 1. The number of hydrogen-bond acceptors (Lipinski definition) is 5. The van der Waals surface area contributed by atoms with Crippen LogP contribution >= 0.6 is 23.8 Å². The zero-order chi connectivity index (χ0) is 17.7. The molecule has 0 aliphatic rings. The Bertz CT molecular complexity index is 818. The predicted octanol–water partition coefficient (Wildman–Crippen LogP) is 3.68. The highest BCUT2D eigenvalue weighted by Gasteiger charge is 2.15. The first-order chi connectivity index (χ1) is 11.4. The van der Waals surface area contributed by atoms with Gasteiger partial charge in [0.2, 0.25) is 5.91 Å². The minimum Gasteiger partial charge on any atom is -0.465 e. The average molecular weight is 366 g/mol. The number of aryl methyl sites for hydroxylation is 1. The lowest BCUT2D eigenvalue weighted by atomic mass is 10.2. The lowest BCUT2D eigenvalue weighted by Gasteiger charge is -2.11. The summed E-state index contributed by atoms with van der Waals surface area (Å²) in [5.74, 6) is 0.0802. The number of hydrogen-bond donors (Lipinski definition) is 2. The monoisotopic (exact) mass is 365 g/mol.